The van der Waals surface area contributed by atoms with Crippen molar-refractivity contribution < 1.29 is 9.57 Å². The Morgan fingerprint density at radius 1 is 1.31 bits per heavy atom. The third-order valence-electron chi connectivity index (χ3n) is 2.28. The molecule has 1 atom stereocenters. The zero-order valence-corrected chi connectivity index (χ0v) is 9.31. The van der Waals surface area contributed by atoms with Gasteiger partial charge in [-0.3, -0.25) is 4.84 Å². The lowest BCUT2D eigenvalue weighted by atomic mass is 9.84. The molecule has 0 rings (SSSR count). The molecule has 3 heteroatoms. The van der Waals surface area contributed by atoms with Crippen molar-refractivity contribution in [1.29, 1.82) is 0 Å². The smallest absolute Gasteiger partial charge is 0.187 e. The van der Waals surface area contributed by atoms with Crippen molar-refractivity contribution in [2.45, 2.75) is 39.9 Å². The second-order valence-electron chi connectivity index (χ2n) is 4.49. The van der Waals surface area contributed by atoms with Gasteiger partial charge in [0.1, 0.15) is 0 Å². The SMILES string of the molecule is C=C(CC(C)(OC)ON)C(C)(C)C. The fourth-order valence-electron chi connectivity index (χ4n) is 0.815. The van der Waals surface area contributed by atoms with Crippen LogP contribution in [0.25, 0.3) is 0 Å². The molecule has 0 aliphatic heterocycles. The van der Waals surface area contributed by atoms with Crippen LogP contribution in [-0.4, -0.2) is 12.9 Å². The first-order chi connectivity index (χ1) is 5.75. The van der Waals surface area contributed by atoms with E-state index < -0.39 is 5.79 Å². The van der Waals surface area contributed by atoms with Crippen molar-refractivity contribution >= 4 is 0 Å². The predicted octanol–water partition coefficient (Wildman–Crippen LogP) is 2.23. The van der Waals surface area contributed by atoms with E-state index in [0.717, 1.165) is 5.57 Å². The summed E-state index contributed by atoms with van der Waals surface area (Å²) in [5.74, 6) is 4.38. The first kappa shape index (κ1) is 12.6. The summed E-state index contributed by atoms with van der Waals surface area (Å²) >= 11 is 0. The van der Waals surface area contributed by atoms with Crippen LogP contribution < -0.4 is 5.90 Å². The number of hydrogen-bond acceptors (Lipinski definition) is 3. The maximum atomic E-state index is 5.14. The van der Waals surface area contributed by atoms with E-state index in [9.17, 15) is 0 Å². The van der Waals surface area contributed by atoms with Crippen LogP contribution >= 0.6 is 0 Å². The molecule has 3 nitrogen and oxygen atoms in total. The van der Waals surface area contributed by atoms with Crippen LogP contribution in [0.3, 0.4) is 0 Å². The predicted molar refractivity (Wildman–Crippen MR) is 53.9 cm³/mol. The quantitative estimate of drug-likeness (QED) is 0.417. The topological polar surface area (TPSA) is 44.5 Å². The molecule has 0 aromatic heterocycles. The fraction of sp³-hybridized carbons (Fsp3) is 0.800. The standard InChI is InChI=1S/C10H21NO2/c1-8(9(2,3)4)7-10(5,12-6)13-11/h1,7,11H2,2-6H3. The third kappa shape index (κ3) is 3.89. The summed E-state index contributed by atoms with van der Waals surface area (Å²) in [4.78, 5) is 4.77. The van der Waals surface area contributed by atoms with Crippen molar-refractivity contribution in [3.05, 3.63) is 12.2 Å². The molecule has 0 aromatic rings. The number of ether oxygens (including phenoxy) is 1. The molecule has 0 aromatic carbocycles. The minimum Gasteiger partial charge on any atom is -0.352 e. The molecule has 0 bridgehead atoms. The van der Waals surface area contributed by atoms with Crippen molar-refractivity contribution in [1.82, 2.24) is 0 Å². The summed E-state index contributed by atoms with van der Waals surface area (Å²) in [6.07, 6.45) is 0.601. The fourth-order valence-corrected chi connectivity index (χ4v) is 0.815. The van der Waals surface area contributed by atoms with E-state index in [1.807, 2.05) is 0 Å². The summed E-state index contributed by atoms with van der Waals surface area (Å²) in [7, 11) is 1.57. The average Bonchev–Trinajstić information content (AvgIpc) is 2.02. The Hall–Kier alpha value is -0.380. The van der Waals surface area contributed by atoms with E-state index in [-0.39, 0.29) is 5.41 Å². The molecule has 2 N–H and O–H groups in total. The Labute approximate surface area is 80.9 Å². The van der Waals surface area contributed by atoms with Crippen LogP contribution in [0.1, 0.15) is 34.1 Å². The third-order valence-corrected chi connectivity index (χ3v) is 2.28. The largest absolute Gasteiger partial charge is 0.352 e. The van der Waals surface area contributed by atoms with Crippen LogP contribution in [0.15, 0.2) is 12.2 Å². The van der Waals surface area contributed by atoms with Gasteiger partial charge in [0.05, 0.1) is 0 Å². The molecule has 13 heavy (non-hydrogen) atoms. The highest BCUT2D eigenvalue weighted by Gasteiger charge is 2.28. The monoisotopic (exact) mass is 187 g/mol. The van der Waals surface area contributed by atoms with Crippen molar-refractivity contribution in [2.75, 3.05) is 7.11 Å². The van der Waals surface area contributed by atoms with E-state index in [1.54, 1.807) is 14.0 Å². The van der Waals surface area contributed by atoms with E-state index in [0.29, 0.717) is 6.42 Å². The maximum absolute atomic E-state index is 5.14. The van der Waals surface area contributed by atoms with Crippen LogP contribution in [0.2, 0.25) is 0 Å². The van der Waals surface area contributed by atoms with Gasteiger partial charge in [0.2, 0.25) is 0 Å². The van der Waals surface area contributed by atoms with E-state index in [1.165, 1.54) is 0 Å². The number of rotatable bonds is 4. The first-order valence-electron chi connectivity index (χ1n) is 4.36. The molecule has 0 spiro atoms. The normalized spacial score (nSPS) is 16.8. The van der Waals surface area contributed by atoms with Gasteiger partial charge < -0.3 is 4.74 Å². The van der Waals surface area contributed by atoms with Gasteiger partial charge in [0.15, 0.2) is 5.79 Å². The highest BCUT2D eigenvalue weighted by Crippen LogP contribution is 2.31. The van der Waals surface area contributed by atoms with E-state index in [4.69, 9.17) is 15.5 Å². The minimum absolute atomic E-state index is 0.0539. The molecule has 0 aliphatic carbocycles. The Balaban J connectivity index is 4.35. The molecular formula is C10H21NO2. The molecule has 78 valence electrons. The Kier molecular flexibility index (Phi) is 4.10. The maximum Gasteiger partial charge on any atom is 0.187 e. The molecular weight excluding hydrogens is 166 g/mol. The van der Waals surface area contributed by atoms with Gasteiger partial charge in [0, 0.05) is 13.5 Å². The summed E-state index contributed by atoms with van der Waals surface area (Å²) in [5, 5.41) is 0. The number of nitrogens with two attached hydrogens (primary N) is 1. The number of methoxy groups -OCH3 is 1. The second kappa shape index (κ2) is 4.22. The molecule has 1 unspecified atom stereocenters. The van der Waals surface area contributed by atoms with Gasteiger partial charge in [-0.05, 0) is 12.3 Å². The first-order valence-corrected chi connectivity index (χ1v) is 4.36. The van der Waals surface area contributed by atoms with Crippen molar-refractivity contribution in [2.24, 2.45) is 11.3 Å². The molecule has 0 saturated heterocycles. The molecule has 0 aliphatic rings. The molecule has 0 saturated carbocycles. The average molecular weight is 187 g/mol. The van der Waals surface area contributed by atoms with Crippen molar-refractivity contribution in [3.8, 4) is 0 Å². The van der Waals surface area contributed by atoms with Gasteiger partial charge in [-0.2, -0.15) is 0 Å². The van der Waals surface area contributed by atoms with Crippen molar-refractivity contribution in [3.63, 3.8) is 0 Å². The number of hydrogen-bond donors (Lipinski definition) is 1. The van der Waals surface area contributed by atoms with Gasteiger partial charge in [0.25, 0.3) is 0 Å². The minimum atomic E-state index is -0.760. The summed E-state index contributed by atoms with van der Waals surface area (Å²) in [6.45, 7) is 12.1. The zero-order valence-electron chi connectivity index (χ0n) is 9.31. The van der Waals surface area contributed by atoms with Crippen LogP contribution in [0.5, 0.6) is 0 Å². The zero-order chi connectivity index (χ0) is 10.7. The Morgan fingerprint density at radius 2 is 1.77 bits per heavy atom. The molecule has 0 radical (unpaired) electrons. The molecule has 0 fully saturated rings. The van der Waals surface area contributed by atoms with E-state index in [2.05, 4.69) is 27.4 Å². The lowest BCUT2D eigenvalue weighted by Gasteiger charge is -2.31. The Bertz CT molecular complexity index is 178. The summed E-state index contributed by atoms with van der Waals surface area (Å²) < 4.78 is 5.14. The highest BCUT2D eigenvalue weighted by molar-refractivity contribution is 5.07. The summed E-state index contributed by atoms with van der Waals surface area (Å²) in [5.41, 5.74) is 1.11. The van der Waals surface area contributed by atoms with Crippen LogP contribution in [0.4, 0.5) is 0 Å². The highest BCUT2D eigenvalue weighted by atomic mass is 16.8. The molecule has 0 heterocycles. The van der Waals surface area contributed by atoms with Gasteiger partial charge in [-0.25, -0.2) is 5.90 Å². The van der Waals surface area contributed by atoms with Crippen LogP contribution in [-0.2, 0) is 9.57 Å². The molecule has 0 amide bonds. The van der Waals surface area contributed by atoms with Gasteiger partial charge in [-0.15, -0.1) is 0 Å². The Morgan fingerprint density at radius 3 is 2.00 bits per heavy atom. The van der Waals surface area contributed by atoms with E-state index >= 15 is 0 Å². The van der Waals surface area contributed by atoms with Crippen LogP contribution in [0, 0.1) is 5.41 Å². The lowest BCUT2D eigenvalue weighted by molar-refractivity contribution is -0.213. The lowest BCUT2D eigenvalue weighted by Crippen LogP contribution is -2.35. The second-order valence-corrected chi connectivity index (χ2v) is 4.49. The summed E-state index contributed by atoms with van der Waals surface area (Å²) in [6, 6.07) is 0. The van der Waals surface area contributed by atoms with Gasteiger partial charge >= 0.3 is 0 Å². The van der Waals surface area contributed by atoms with Gasteiger partial charge in [-0.1, -0.05) is 32.9 Å².